The first-order chi connectivity index (χ1) is 11.7. The van der Waals surface area contributed by atoms with Crippen molar-refractivity contribution in [3.63, 3.8) is 0 Å². The molecular weight excluding hydrogens is 294 g/mol. The molecule has 0 radical (unpaired) electrons. The van der Waals surface area contributed by atoms with Crippen LogP contribution in [0.15, 0.2) is 60.7 Å². The zero-order valence-electron chi connectivity index (χ0n) is 14.7. The maximum Gasteiger partial charge on any atom is 0.0638 e. The molecule has 0 heterocycles. The highest BCUT2D eigenvalue weighted by Gasteiger charge is 2.14. The molecule has 24 heavy (non-hydrogen) atoms. The largest absolute Gasteiger partial charge is 0.301 e. The van der Waals surface area contributed by atoms with Crippen molar-refractivity contribution in [1.82, 2.24) is 9.80 Å². The van der Waals surface area contributed by atoms with E-state index in [1.807, 2.05) is 6.07 Å². The average molecular weight is 321 g/mol. The minimum Gasteiger partial charge on any atom is -0.301 e. The summed E-state index contributed by atoms with van der Waals surface area (Å²) in [7, 11) is 2.16. The third kappa shape index (κ3) is 6.16. The summed E-state index contributed by atoms with van der Waals surface area (Å²) in [6, 6.07) is 23.6. The van der Waals surface area contributed by atoms with E-state index in [0.717, 1.165) is 26.2 Å². The third-order valence-corrected chi connectivity index (χ3v) is 4.30. The van der Waals surface area contributed by atoms with E-state index in [1.165, 1.54) is 11.1 Å². The summed E-state index contributed by atoms with van der Waals surface area (Å²) in [4.78, 5) is 4.74. The second-order valence-corrected chi connectivity index (χ2v) is 6.39. The van der Waals surface area contributed by atoms with Crippen LogP contribution in [0.2, 0.25) is 0 Å². The second-order valence-electron chi connectivity index (χ2n) is 6.39. The number of nitrogens with zero attached hydrogens (tertiary/aromatic N) is 3. The van der Waals surface area contributed by atoms with E-state index in [9.17, 15) is 0 Å². The molecule has 1 unspecified atom stereocenters. The summed E-state index contributed by atoms with van der Waals surface area (Å²) in [5.41, 5.74) is 2.63. The number of hydrogen-bond acceptors (Lipinski definition) is 3. The van der Waals surface area contributed by atoms with Gasteiger partial charge in [-0.15, -0.1) is 0 Å². The smallest absolute Gasteiger partial charge is 0.0638 e. The molecule has 0 aliphatic rings. The molecule has 1 atom stereocenters. The quantitative estimate of drug-likeness (QED) is 0.701. The fraction of sp³-hybridized carbons (Fsp3) is 0.381. The summed E-state index contributed by atoms with van der Waals surface area (Å²) in [5, 5.41) is 9.04. The van der Waals surface area contributed by atoms with Crippen LogP contribution in [0.4, 0.5) is 0 Å². The maximum atomic E-state index is 9.04. The topological polar surface area (TPSA) is 30.3 Å². The predicted molar refractivity (Wildman–Crippen MR) is 99.3 cm³/mol. The van der Waals surface area contributed by atoms with Gasteiger partial charge in [0.15, 0.2) is 0 Å². The monoisotopic (exact) mass is 321 g/mol. The fourth-order valence-electron chi connectivity index (χ4n) is 2.81. The predicted octanol–water partition coefficient (Wildman–Crippen LogP) is 3.92. The lowest BCUT2D eigenvalue weighted by molar-refractivity contribution is 0.171. The Labute approximate surface area is 146 Å². The molecule has 2 rings (SSSR count). The molecule has 0 aliphatic heterocycles. The molecular formula is C21H27N3. The minimum absolute atomic E-state index is 0.264. The van der Waals surface area contributed by atoms with Crippen molar-refractivity contribution in [2.24, 2.45) is 0 Å². The van der Waals surface area contributed by atoms with Gasteiger partial charge in [-0.1, -0.05) is 60.7 Å². The van der Waals surface area contributed by atoms with Crippen LogP contribution in [0.3, 0.4) is 0 Å². The van der Waals surface area contributed by atoms with Crippen LogP contribution in [0.1, 0.15) is 24.5 Å². The van der Waals surface area contributed by atoms with Gasteiger partial charge >= 0.3 is 0 Å². The molecule has 3 heteroatoms. The lowest BCUT2D eigenvalue weighted by Gasteiger charge is -2.30. The Balaban J connectivity index is 1.91. The molecule has 126 valence electrons. The molecule has 0 spiro atoms. The van der Waals surface area contributed by atoms with E-state index in [4.69, 9.17) is 5.26 Å². The van der Waals surface area contributed by atoms with Gasteiger partial charge in [-0.3, -0.25) is 4.90 Å². The first-order valence-electron chi connectivity index (χ1n) is 8.56. The molecule has 0 amide bonds. The van der Waals surface area contributed by atoms with Gasteiger partial charge in [0.05, 0.1) is 12.5 Å². The van der Waals surface area contributed by atoms with E-state index in [0.29, 0.717) is 6.42 Å². The van der Waals surface area contributed by atoms with Crippen LogP contribution in [0.5, 0.6) is 0 Å². The normalized spacial score (nSPS) is 12.3. The number of nitriles is 1. The summed E-state index contributed by atoms with van der Waals surface area (Å²) >= 11 is 0. The van der Waals surface area contributed by atoms with Gasteiger partial charge in [-0.25, -0.2) is 0 Å². The molecule has 2 aromatic rings. The summed E-state index contributed by atoms with van der Waals surface area (Å²) in [5.74, 6) is 0. The summed E-state index contributed by atoms with van der Waals surface area (Å²) in [6.07, 6.45) is 0.565. The van der Waals surface area contributed by atoms with Gasteiger partial charge in [-0.05, 0) is 25.1 Å². The number of benzene rings is 2. The highest BCUT2D eigenvalue weighted by Crippen LogP contribution is 2.11. The standard InChI is InChI=1S/C21H27N3/c1-19(13-14-22)24(18-21-11-7-4-8-12-21)16-15-23(2)17-20-9-5-3-6-10-20/h3-12,19H,13,15-18H2,1-2H3. The van der Waals surface area contributed by atoms with Crippen LogP contribution in [0, 0.1) is 11.3 Å². The third-order valence-electron chi connectivity index (χ3n) is 4.30. The Bertz CT molecular complexity index is 619. The van der Waals surface area contributed by atoms with Crippen molar-refractivity contribution in [2.45, 2.75) is 32.5 Å². The molecule has 3 nitrogen and oxygen atoms in total. The second kappa shape index (κ2) is 9.87. The van der Waals surface area contributed by atoms with Crippen molar-refractivity contribution in [3.05, 3.63) is 71.8 Å². The van der Waals surface area contributed by atoms with Crippen LogP contribution >= 0.6 is 0 Å². The minimum atomic E-state index is 0.264. The van der Waals surface area contributed by atoms with Crippen LogP contribution in [-0.4, -0.2) is 36.0 Å². The number of likely N-dealkylation sites (N-methyl/N-ethyl adjacent to an activating group) is 1. The van der Waals surface area contributed by atoms with Crippen molar-refractivity contribution < 1.29 is 0 Å². The SMILES string of the molecule is CC(CC#N)N(CCN(C)Cc1ccccc1)Cc1ccccc1. The highest BCUT2D eigenvalue weighted by molar-refractivity contribution is 5.15. The first kappa shape index (κ1) is 18.2. The van der Waals surface area contributed by atoms with E-state index in [2.05, 4.69) is 84.4 Å². The highest BCUT2D eigenvalue weighted by atomic mass is 15.2. The number of rotatable bonds is 9. The lowest BCUT2D eigenvalue weighted by Crippen LogP contribution is -2.38. The summed E-state index contributed by atoms with van der Waals surface area (Å²) in [6.45, 7) is 5.93. The van der Waals surface area contributed by atoms with E-state index in [-0.39, 0.29) is 6.04 Å². The summed E-state index contributed by atoms with van der Waals surface area (Å²) < 4.78 is 0. The Morgan fingerprint density at radius 1 is 0.875 bits per heavy atom. The van der Waals surface area contributed by atoms with E-state index >= 15 is 0 Å². The van der Waals surface area contributed by atoms with E-state index < -0.39 is 0 Å². The molecule has 0 fully saturated rings. The molecule has 0 aliphatic carbocycles. The van der Waals surface area contributed by atoms with Crippen molar-refractivity contribution in [2.75, 3.05) is 20.1 Å². The van der Waals surface area contributed by atoms with Crippen LogP contribution in [0.25, 0.3) is 0 Å². The van der Waals surface area contributed by atoms with Crippen LogP contribution in [-0.2, 0) is 13.1 Å². The number of hydrogen-bond donors (Lipinski definition) is 0. The Morgan fingerprint density at radius 2 is 1.42 bits per heavy atom. The zero-order valence-corrected chi connectivity index (χ0v) is 14.7. The van der Waals surface area contributed by atoms with Gasteiger partial charge < -0.3 is 4.90 Å². The van der Waals surface area contributed by atoms with Crippen molar-refractivity contribution >= 4 is 0 Å². The molecule has 0 saturated heterocycles. The molecule has 0 bridgehead atoms. The molecule has 0 saturated carbocycles. The Morgan fingerprint density at radius 3 is 1.96 bits per heavy atom. The first-order valence-corrected chi connectivity index (χ1v) is 8.56. The zero-order chi connectivity index (χ0) is 17.2. The molecule has 0 aromatic heterocycles. The van der Waals surface area contributed by atoms with Crippen LogP contribution < -0.4 is 0 Å². The van der Waals surface area contributed by atoms with E-state index in [1.54, 1.807) is 0 Å². The maximum absolute atomic E-state index is 9.04. The van der Waals surface area contributed by atoms with Gasteiger partial charge in [0.25, 0.3) is 0 Å². The van der Waals surface area contributed by atoms with Crippen molar-refractivity contribution in [1.29, 1.82) is 5.26 Å². The van der Waals surface area contributed by atoms with Gasteiger partial charge in [0.1, 0.15) is 0 Å². The van der Waals surface area contributed by atoms with Gasteiger partial charge in [0, 0.05) is 32.2 Å². The van der Waals surface area contributed by atoms with Gasteiger partial charge in [0.2, 0.25) is 0 Å². The van der Waals surface area contributed by atoms with Crippen molar-refractivity contribution in [3.8, 4) is 6.07 Å². The fourth-order valence-corrected chi connectivity index (χ4v) is 2.81. The average Bonchev–Trinajstić information content (AvgIpc) is 2.60. The lowest BCUT2D eigenvalue weighted by atomic mass is 10.1. The Kier molecular flexibility index (Phi) is 7.48. The Hall–Kier alpha value is -2.15. The van der Waals surface area contributed by atoms with Gasteiger partial charge in [-0.2, -0.15) is 5.26 Å². The molecule has 0 N–H and O–H groups in total. The molecule has 2 aromatic carbocycles.